The number of aromatic carboxylic acids is 1. The molecule has 0 bridgehead atoms. The van der Waals surface area contributed by atoms with Gasteiger partial charge < -0.3 is 5.11 Å². The Morgan fingerprint density at radius 1 is 1.41 bits per heavy atom. The summed E-state index contributed by atoms with van der Waals surface area (Å²) in [6.45, 7) is 1.86. The maximum absolute atomic E-state index is 11.5. The van der Waals surface area contributed by atoms with Crippen LogP contribution in [0.15, 0.2) is 27.9 Å². The SMILES string of the molecule is Cc1ccc(-n2cc(C(=O)O)c(=O)[nH]c2=O)s1. The highest BCUT2D eigenvalue weighted by Crippen LogP contribution is 2.17. The molecule has 0 aliphatic rings. The van der Waals surface area contributed by atoms with E-state index in [0.29, 0.717) is 5.00 Å². The first-order valence-corrected chi connectivity index (χ1v) is 5.47. The minimum absolute atomic E-state index is 0.462. The molecule has 0 saturated heterocycles. The van der Waals surface area contributed by atoms with Gasteiger partial charge in [-0.05, 0) is 19.1 Å². The third kappa shape index (κ3) is 2.04. The number of aromatic amines is 1. The van der Waals surface area contributed by atoms with Crippen LogP contribution in [0.3, 0.4) is 0 Å². The molecule has 0 aliphatic carbocycles. The Morgan fingerprint density at radius 3 is 2.65 bits per heavy atom. The molecule has 0 fully saturated rings. The summed E-state index contributed by atoms with van der Waals surface area (Å²) < 4.78 is 1.11. The summed E-state index contributed by atoms with van der Waals surface area (Å²) in [6, 6.07) is 3.49. The second kappa shape index (κ2) is 4.02. The van der Waals surface area contributed by atoms with Crippen molar-refractivity contribution in [3.8, 4) is 5.00 Å². The summed E-state index contributed by atoms with van der Waals surface area (Å²) in [7, 11) is 0. The van der Waals surface area contributed by atoms with Gasteiger partial charge in [0.05, 0.1) is 0 Å². The lowest BCUT2D eigenvalue weighted by Crippen LogP contribution is -2.32. The van der Waals surface area contributed by atoms with E-state index < -0.39 is 22.8 Å². The lowest BCUT2D eigenvalue weighted by molar-refractivity contribution is 0.0694. The first-order chi connectivity index (χ1) is 7.99. The Kier molecular flexibility index (Phi) is 2.68. The van der Waals surface area contributed by atoms with Crippen LogP contribution in [-0.4, -0.2) is 20.6 Å². The number of nitrogens with zero attached hydrogens (tertiary/aromatic N) is 1. The average Bonchev–Trinajstić information content (AvgIpc) is 2.64. The zero-order chi connectivity index (χ0) is 12.6. The van der Waals surface area contributed by atoms with Gasteiger partial charge in [0.2, 0.25) is 0 Å². The van der Waals surface area contributed by atoms with Crippen LogP contribution in [0, 0.1) is 6.92 Å². The van der Waals surface area contributed by atoms with Gasteiger partial charge in [-0.25, -0.2) is 9.59 Å². The number of carboxylic acid groups (broad SMARTS) is 1. The highest BCUT2D eigenvalue weighted by atomic mass is 32.1. The van der Waals surface area contributed by atoms with E-state index in [0.717, 1.165) is 15.6 Å². The zero-order valence-corrected chi connectivity index (χ0v) is 9.58. The third-order valence-corrected chi connectivity index (χ3v) is 3.14. The van der Waals surface area contributed by atoms with Crippen LogP contribution < -0.4 is 11.2 Å². The number of H-pyrrole nitrogens is 1. The Morgan fingerprint density at radius 2 is 2.12 bits per heavy atom. The minimum atomic E-state index is -1.37. The van der Waals surface area contributed by atoms with Crippen LogP contribution in [0.1, 0.15) is 15.2 Å². The molecule has 0 spiro atoms. The lowest BCUT2D eigenvalue weighted by atomic mass is 10.3. The van der Waals surface area contributed by atoms with E-state index in [9.17, 15) is 14.4 Å². The summed E-state index contributed by atoms with van der Waals surface area (Å²) in [6.07, 6.45) is 1.04. The van der Waals surface area contributed by atoms with Gasteiger partial charge in [0, 0.05) is 11.1 Å². The zero-order valence-electron chi connectivity index (χ0n) is 8.76. The van der Waals surface area contributed by atoms with Crippen LogP contribution in [0.25, 0.3) is 5.00 Å². The molecule has 0 amide bonds. The molecule has 0 saturated carbocycles. The fourth-order valence-corrected chi connectivity index (χ4v) is 2.17. The van der Waals surface area contributed by atoms with Crippen molar-refractivity contribution in [3.05, 3.63) is 49.6 Å². The van der Waals surface area contributed by atoms with Gasteiger partial charge in [-0.3, -0.25) is 14.3 Å². The number of hydrogen-bond donors (Lipinski definition) is 2. The van der Waals surface area contributed by atoms with Gasteiger partial charge in [-0.2, -0.15) is 0 Å². The van der Waals surface area contributed by atoms with Gasteiger partial charge in [0.15, 0.2) is 0 Å². The first-order valence-electron chi connectivity index (χ1n) is 4.65. The lowest BCUT2D eigenvalue weighted by Gasteiger charge is -2.02. The largest absolute Gasteiger partial charge is 0.477 e. The normalized spacial score (nSPS) is 10.4. The third-order valence-electron chi connectivity index (χ3n) is 2.14. The number of thiophene rings is 1. The topological polar surface area (TPSA) is 92.2 Å². The molecule has 2 N–H and O–H groups in total. The molecule has 0 aliphatic heterocycles. The van der Waals surface area contributed by atoms with Crippen LogP contribution in [0.5, 0.6) is 0 Å². The van der Waals surface area contributed by atoms with E-state index in [1.807, 2.05) is 11.9 Å². The number of rotatable bonds is 2. The molecule has 88 valence electrons. The maximum atomic E-state index is 11.5. The molecule has 2 aromatic heterocycles. The molecule has 2 heterocycles. The van der Waals surface area contributed by atoms with Crippen molar-refractivity contribution in [3.63, 3.8) is 0 Å². The fraction of sp³-hybridized carbons (Fsp3) is 0.100. The number of aryl methyl sites for hydroxylation is 1. The molecule has 0 unspecified atom stereocenters. The van der Waals surface area contributed by atoms with E-state index in [4.69, 9.17) is 5.11 Å². The number of carboxylic acids is 1. The highest BCUT2D eigenvalue weighted by molar-refractivity contribution is 7.14. The van der Waals surface area contributed by atoms with Gasteiger partial charge in [0.1, 0.15) is 10.6 Å². The Hall–Kier alpha value is -2.15. The van der Waals surface area contributed by atoms with Gasteiger partial charge in [-0.1, -0.05) is 0 Å². The van der Waals surface area contributed by atoms with Crippen molar-refractivity contribution < 1.29 is 9.90 Å². The van der Waals surface area contributed by atoms with E-state index in [1.54, 1.807) is 12.1 Å². The monoisotopic (exact) mass is 252 g/mol. The first kappa shape index (κ1) is 11.3. The summed E-state index contributed by atoms with van der Waals surface area (Å²) in [4.78, 5) is 36.5. The van der Waals surface area contributed by atoms with Crippen molar-refractivity contribution in [2.24, 2.45) is 0 Å². The standard InChI is InChI=1S/C10H8N2O4S/c1-5-2-3-7(17-5)12-4-6(9(14)15)8(13)11-10(12)16/h2-4H,1H3,(H,14,15)(H,11,13,16). The summed E-state index contributed by atoms with van der Waals surface area (Å²) >= 11 is 1.33. The molecule has 0 atom stereocenters. The second-order valence-electron chi connectivity index (χ2n) is 3.36. The van der Waals surface area contributed by atoms with Crippen LogP contribution in [0.4, 0.5) is 0 Å². The fourth-order valence-electron chi connectivity index (χ4n) is 1.34. The number of nitrogens with one attached hydrogen (secondary N) is 1. The van der Waals surface area contributed by atoms with Crippen molar-refractivity contribution in [2.45, 2.75) is 6.92 Å². The predicted octanol–water partition coefficient (Wildman–Crippen LogP) is 0.594. The molecular weight excluding hydrogens is 244 g/mol. The quantitative estimate of drug-likeness (QED) is 0.818. The second-order valence-corrected chi connectivity index (χ2v) is 4.63. The molecule has 17 heavy (non-hydrogen) atoms. The molecule has 2 aromatic rings. The van der Waals surface area contributed by atoms with Crippen LogP contribution in [0.2, 0.25) is 0 Å². The van der Waals surface area contributed by atoms with Crippen LogP contribution >= 0.6 is 11.3 Å². The Labute approximate surface area is 98.8 Å². The Bertz CT molecular complexity index is 695. The molecular formula is C10H8N2O4S. The summed E-state index contributed by atoms with van der Waals surface area (Å²) in [5.74, 6) is -1.37. The molecule has 7 heteroatoms. The van der Waals surface area contributed by atoms with Gasteiger partial charge >= 0.3 is 11.7 Å². The van der Waals surface area contributed by atoms with E-state index in [1.165, 1.54) is 11.3 Å². The summed E-state index contributed by atoms with van der Waals surface area (Å²) in [5.41, 5.74) is -2.01. The number of aromatic nitrogens is 2. The van der Waals surface area contributed by atoms with Crippen molar-refractivity contribution in [1.29, 1.82) is 0 Å². The average molecular weight is 252 g/mol. The van der Waals surface area contributed by atoms with Crippen molar-refractivity contribution in [1.82, 2.24) is 9.55 Å². The molecule has 0 radical (unpaired) electrons. The Balaban J connectivity index is 2.71. The number of carbonyl (C=O) groups is 1. The molecule has 0 aromatic carbocycles. The van der Waals surface area contributed by atoms with Crippen molar-refractivity contribution in [2.75, 3.05) is 0 Å². The minimum Gasteiger partial charge on any atom is -0.477 e. The highest BCUT2D eigenvalue weighted by Gasteiger charge is 2.12. The van der Waals surface area contributed by atoms with E-state index in [-0.39, 0.29) is 0 Å². The van der Waals surface area contributed by atoms with Gasteiger partial charge in [0.25, 0.3) is 5.56 Å². The number of hydrogen-bond acceptors (Lipinski definition) is 4. The van der Waals surface area contributed by atoms with Crippen LogP contribution in [-0.2, 0) is 0 Å². The van der Waals surface area contributed by atoms with E-state index in [2.05, 4.69) is 0 Å². The molecule has 6 nitrogen and oxygen atoms in total. The smallest absolute Gasteiger partial charge is 0.342 e. The molecule has 2 rings (SSSR count). The summed E-state index contributed by atoms with van der Waals surface area (Å²) in [5, 5.41) is 9.36. The van der Waals surface area contributed by atoms with E-state index >= 15 is 0 Å². The predicted molar refractivity (Wildman–Crippen MR) is 62.2 cm³/mol. The van der Waals surface area contributed by atoms with Crippen molar-refractivity contribution >= 4 is 17.3 Å². The van der Waals surface area contributed by atoms with Gasteiger partial charge in [-0.15, -0.1) is 11.3 Å². The maximum Gasteiger partial charge on any atom is 0.342 e.